The van der Waals surface area contributed by atoms with Crippen LogP contribution in [0.2, 0.25) is 5.02 Å². The number of hydrogen-bond donors (Lipinski definition) is 1. The van der Waals surface area contributed by atoms with Crippen LogP contribution in [0.4, 0.5) is 5.69 Å². The molecule has 0 spiro atoms. The third kappa shape index (κ3) is 3.17. The van der Waals surface area contributed by atoms with Gasteiger partial charge in [-0.2, -0.15) is 0 Å². The van der Waals surface area contributed by atoms with Gasteiger partial charge in [0.05, 0.1) is 0 Å². The molecule has 0 saturated carbocycles. The van der Waals surface area contributed by atoms with Crippen molar-refractivity contribution in [2.75, 3.05) is 5.32 Å². The van der Waals surface area contributed by atoms with E-state index < -0.39 is 0 Å². The number of hydrogen-bond acceptors (Lipinski definition) is 1. The lowest BCUT2D eigenvalue weighted by Crippen LogP contribution is -2.14. The Labute approximate surface area is 125 Å². The van der Waals surface area contributed by atoms with Crippen LogP contribution in [0.15, 0.2) is 40.9 Å². The zero-order valence-electron chi connectivity index (χ0n) is 10.6. The summed E-state index contributed by atoms with van der Waals surface area (Å²) in [5, 5.41) is 3.46. The predicted molar refractivity (Wildman–Crippen MR) is 83.0 cm³/mol. The molecule has 0 aromatic heterocycles. The number of aryl methyl sites for hydroxylation is 1. The van der Waals surface area contributed by atoms with Gasteiger partial charge in [-0.15, -0.1) is 0 Å². The summed E-state index contributed by atoms with van der Waals surface area (Å²) < 4.78 is 0.966. The minimum atomic E-state index is -0.152. The van der Waals surface area contributed by atoms with Crippen molar-refractivity contribution in [1.29, 1.82) is 0 Å². The minimum absolute atomic E-state index is 0.152. The summed E-state index contributed by atoms with van der Waals surface area (Å²) >= 11 is 9.38. The van der Waals surface area contributed by atoms with E-state index in [1.54, 1.807) is 12.1 Å². The van der Waals surface area contributed by atoms with Gasteiger partial charge < -0.3 is 5.32 Å². The van der Waals surface area contributed by atoms with Crippen molar-refractivity contribution in [3.05, 3.63) is 62.6 Å². The number of carbonyl (C=O) groups is 1. The van der Waals surface area contributed by atoms with Crippen LogP contribution in [-0.2, 0) is 0 Å². The Bertz CT molecular complexity index is 640. The van der Waals surface area contributed by atoms with Gasteiger partial charge >= 0.3 is 0 Å². The van der Waals surface area contributed by atoms with Crippen LogP contribution in [0.3, 0.4) is 0 Å². The van der Waals surface area contributed by atoms with Gasteiger partial charge in [0, 0.05) is 20.7 Å². The van der Waals surface area contributed by atoms with Crippen molar-refractivity contribution < 1.29 is 4.79 Å². The van der Waals surface area contributed by atoms with E-state index in [4.69, 9.17) is 11.6 Å². The van der Waals surface area contributed by atoms with Gasteiger partial charge in [-0.25, -0.2) is 0 Å². The molecule has 4 heteroatoms. The molecule has 0 fully saturated rings. The van der Waals surface area contributed by atoms with Crippen LogP contribution in [0.25, 0.3) is 0 Å². The molecule has 0 aliphatic rings. The quantitative estimate of drug-likeness (QED) is 0.823. The van der Waals surface area contributed by atoms with Crippen molar-refractivity contribution in [3.8, 4) is 0 Å². The summed E-state index contributed by atoms with van der Waals surface area (Å²) in [5.41, 5.74) is 3.27. The number of halogens is 2. The molecule has 0 unspecified atom stereocenters. The summed E-state index contributed by atoms with van der Waals surface area (Å²) in [5.74, 6) is -0.152. The molecule has 2 rings (SSSR count). The van der Waals surface area contributed by atoms with Crippen LogP contribution in [-0.4, -0.2) is 5.91 Å². The molecule has 0 aliphatic heterocycles. The van der Waals surface area contributed by atoms with Crippen LogP contribution in [0.5, 0.6) is 0 Å². The Morgan fingerprint density at radius 1 is 1.21 bits per heavy atom. The molecule has 2 aromatic carbocycles. The predicted octanol–water partition coefficient (Wildman–Crippen LogP) is 4.97. The second-order valence-corrected chi connectivity index (χ2v) is 5.62. The van der Waals surface area contributed by atoms with Gasteiger partial charge in [0.15, 0.2) is 0 Å². The van der Waals surface area contributed by atoms with E-state index in [0.717, 1.165) is 21.3 Å². The fourth-order valence-corrected chi connectivity index (χ4v) is 2.31. The normalized spacial score (nSPS) is 10.3. The van der Waals surface area contributed by atoms with Gasteiger partial charge in [0.2, 0.25) is 0 Å². The molecule has 0 radical (unpaired) electrons. The topological polar surface area (TPSA) is 29.1 Å². The van der Waals surface area contributed by atoms with Crippen LogP contribution in [0, 0.1) is 13.8 Å². The number of anilines is 1. The third-order valence-corrected chi connectivity index (χ3v) is 4.05. The maximum Gasteiger partial charge on any atom is 0.255 e. The van der Waals surface area contributed by atoms with Gasteiger partial charge in [0.1, 0.15) is 0 Å². The summed E-state index contributed by atoms with van der Waals surface area (Å²) in [6, 6.07) is 11.0. The molecular weight excluding hydrogens is 326 g/mol. The van der Waals surface area contributed by atoms with E-state index in [-0.39, 0.29) is 5.91 Å². The maximum atomic E-state index is 12.3. The molecule has 2 aromatic rings. The molecule has 2 nitrogen and oxygen atoms in total. The second-order valence-electron chi connectivity index (χ2n) is 4.33. The van der Waals surface area contributed by atoms with Gasteiger partial charge in [-0.1, -0.05) is 39.7 Å². The lowest BCUT2D eigenvalue weighted by atomic mass is 10.1. The maximum absolute atomic E-state index is 12.3. The highest BCUT2D eigenvalue weighted by Crippen LogP contribution is 2.24. The highest BCUT2D eigenvalue weighted by atomic mass is 79.9. The summed E-state index contributed by atoms with van der Waals surface area (Å²) in [6.45, 7) is 3.84. The Kier molecular flexibility index (Phi) is 4.27. The Morgan fingerprint density at radius 3 is 2.68 bits per heavy atom. The molecule has 1 N–H and O–H groups in total. The first-order valence-corrected chi connectivity index (χ1v) is 6.99. The highest BCUT2D eigenvalue weighted by Gasteiger charge is 2.11. The number of carbonyl (C=O) groups excluding carboxylic acids is 1. The fourth-order valence-electron chi connectivity index (χ4n) is 1.77. The molecule has 0 heterocycles. The van der Waals surface area contributed by atoms with E-state index in [0.29, 0.717) is 10.6 Å². The van der Waals surface area contributed by atoms with Gasteiger partial charge in [-0.3, -0.25) is 4.79 Å². The smallest absolute Gasteiger partial charge is 0.255 e. The molecule has 0 bridgehead atoms. The van der Waals surface area contributed by atoms with Crippen molar-refractivity contribution in [3.63, 3.8) is 0 Å². The summed E-state index contributed by atoms with van der Waals surface area (Å²) in [6.07, 6.45) is 0. The van der Waals surface area contributed by atoms with Crippen molar-refractivity contribution in [2.24, 2.45) is 0 Å². The Balaban J connectivity index is 2.31. The van der Waals surface area contributed by atoms with E-state index in [1.807, 2.05) is 38.1 Å². The van der Waals surface area contributed by atoms with Crippen molar-refractivity contribution >= 4 is 39.1 Å². The first kappa shape index (κ1) is 14.1. The zero-order valence-corrected chi connectivity index (χ0v) is 13.0. The molecule has 98 valence electrons. The van der Waals surface area contributed by atoms with Gasteiger partial charge in [0.25, 0.3) is 5.91 Å². The van der Waals surface area contributed by atoms with Gasteiger partial charge in [-0.05, 0) is 49.2 Å². The minimum Gasteiger partial charge on any atom is -0.322 e. The second kappa shape index (κ2) is 5.76. The first-order valence-electron chi connectivity index (χ1n) is 5.81. The van der Waals surface area contributed by atoms with Crippen LogP contribution < -0.4 is 5.32 Å². The molecule has 1 amide bonds. The lowest BCUT2D eigenvalue weighted by molar-refractivity contribution is 0.102. The molecule has 19 heavy (non-hydrogen) atoms. The van der Waals surface area contributed by atoms with E-state index in [9.17, 15) is 4.79 Å². The molecule has 0 saturated heterocycles. The number of rotatable bonds is 2. The third-order valence-electron chi connectivity index (χ3n) is 2.96. The van der Waals surface area contributed by atoms with E-state index >= 15 is 0 Å². The van der Waals surface area contributed by atoms with Crippen LogP contribution >= 0.6 is 27.5 Å². The number of benzene rings is 2. The molecular formula is C15H13BrClNO. The standard InChI is InChI=1S/C15H13BrClNO/c1-9-6-7-11(17)8-12(9)15(19)18-14-5-3-4-13(16)10(14)2/h3-8H,1-2H3,(H,18,19). The van der Waals surface area contributed by atoms with E-state index in [1.165, 1.54) is 0 Å². The lowest BCUT2D eigenvalue weighted by Gasteiger charge is -2.11. The highest BCUT2D eigenvalue weighted by molar-refractivity contribution is 9.10. The van der Waals surface area contributed by atoms with Crippen molar-refractivity contribution in [1.82, 2.24) is 0 Å². The first-order chi connectivity index (χ1) is 8.99. The fraction of sp³-hybridized carbons (Fsp3) is 0.133. The largest absolute Gasteiger partial charge is 0.322 e. The summed E-state index contributed by atoms with van der Waals surface area (Å²) in [4.78, 5) is 12.3. The SMILES string of the molecule is Cc1ccc(Cl)cc1C(=O)Nc1cccc(Br)c1C. The summed E-state index contributed by atoms with van der Waals surface area (Å²) in [7, 11) is 0. The van der Waals surface area contributed by atoms with Crippen molar-refractivity contribution in [2.45, 2.75) is 13.8 Å². The average molecular weight is 339 g/mol. The molecule has 0 atom stereocenters. The number of nitrogens with one attached hydrogen (secondary N) is 1. The monoisotopic (exact) mass is 337 g/mol. The Hall–Kier alpha value is -1.32. The molecule has 0 aliphatic carbocycles. The average Bonchev–Trinajstić information content (AvgIpc) is 2.38. The van der Waals surface area contributed by atoms with Crippen LogP contribution in [0.1, 0.15) is 21.5 Å². The Morgan fingerprint density at radius 2 is 1.95 bits per heavy atom. The zero-order chi connectivity index (χ0) is 14.0. The van der Waals surface area contributed by atoms with E-state index in [2.05, 4.69) is 21.2 Å². The number of amides is 1.